The van der Waals surface area contributed by atoms with E-state index in [1.54, 1.807) is 7.11 Å². The first kappa shape index (κ1) is 16.4. The third-order valence-electron chi connectivity index (χ3n) is 1.18. The lowest BCUT2D eigenvalue weighted by Crippen LogP contribution is -2.11. The minimum atomic E-state index is -2.42. The van der Waals surface area contributed by atoms with Crippen molar-refractivity contribution in [3.8, 4) is 0 Å². The molecule has 0 aromatic rings. The Morgan fingerprint density at radius 1 is 1.08 bits per heavy atom. The van der Waals surface area contributed by atoms with Gasteiger partial charge in [0.1, 0.15) is 0 Å². The zero-order chi connectivity index (χ0) is 9.45. The number of ether oxygens (including phenoxy) is 2. The third-order valence-corrected chi connectivity index (χ3v) is 3.80. The van der Waals surface area contributed by atoms with E-state index in [9.17, 15) is 0 Å². The van der Waals surface area contributed by atoms with Gasteiger partial charge in [0.2, 0.25) is 0 Å². The van der Waals surface area contributed by atoms with Gasteiger partial charge in [-0.1, -0.05) is 7.43 Å². The Morgan fingerprint density at radius 2 is 1.69 bits per heavy atom. The molecule has 0 spiro atoms. The predicted molar refractivity (Wildman–Crippen MR) is 62.2 cm³/mol. The van der Waals surface area contributed by atoms with E-state index < -0.39 is 6.00 Å². The summed E-state index contributed by atoms with van der Waals surface area (Å²) in [5, 5.41) is 0. The molecule has 0 radical (unpaired) electrons. The Labute approximate surface area is 95.6 Å². The smallest absolute Gasteiger partial charge is 0.341 e. The SMILES string of the molecule is C.COCCOCCC[Si](Cl)(Cl)Cl. The van der Waals surface area contributed by atoms with Crippen LogP contribution in [0.2, 0.25) is 6.04 Å². The monoisotopic (exact) mass is 266 g/mol. The molecule has 82 valence electrons. The molecule has 13 heavy (non-hydrogen) atoms. The van der Waals surface area contributed by atoms with Gasteiger partial charge in [0.05, 0.1) is 13.2 Å². The standard InChI is InChI=1S/C6H13Cl3O2Si.CH4/c1-10-4-5-11-3-2-6-12(7,8)9;/h2-6H2,1H3;1H4. The molecule has 0 aromatic carbocycles. The molecule has 0 aliphatic rings. The molecule has 2 nitrogen and oxygen atoms in total. The van der Waals surface area contributed by atoms with E-state index in [1.807, 2.05) is 0 Å². The van der Waals surface area contributed by atoms with Crippen LogP contribution in [0.1, 0.15) is 13.8 Å². The van der Waals surface area contributed by atoms with Crippen molar-refractivity contribution in [1.29, 1.82) is 0 Å². The summed E-state index contributed by atoms with van der Waals surface area (Å²) in [7, 11) is 1.64. The highest BCUT2D eigenvalue weighted by atomic mass is 35.8. The van der Waals surface area contributed by atoms with E-state index in [2.05, 4.69) is 0 Å². The fourth-order valence-electron chi connectivity index (χ4n) is 0.619. The predicted octanol–water partition coefficient (Wildman–Crippen LogP) is 3.33. The van der Waals surface area contributed by atoms with Crippen LogP contribution in [0.15, 0.2) is 0 Å². The van der Waals surface area contributed by atoms with E-state index in [-0.39, 0.29) is 7.43 Å². The first-order valence-corrected chi connectivity index (χ1v) is 8.94. The molecule has 0 aromatic heterocycles. The summed E-state index contributed by atoms with van der Waals surface area (Å²) in [6, 6.07) is -1.76. The van der Waals surface area contributed by atoms with Gasteiger partial charge in [0, 0.05) is 13.7 Å². The van der Waals surface area contributed by atoms with Crippen molar-refractivity contribution in [2.75, 3.05) is 26.9 Å². The van der Waals surface area contributed by atoms with Gasteiger partial charge < -0.3 is 9.47 Å². The van der Waals surface area contributed by atoms with Gasteiger partial charge >= 0.3 is 6.00 Å². The van der Waals surface area contributed by atoms with Crippen LogP contribution < -0.4 is 0 Å². The van der Waals surface area contributed by atoms with Crippen LogP contribution in [0.5, 0.6) is 0 Å². The van der Waals surface area contributed by atoms with Gasteiger partial charge in [-0.2, -0.15) is 0 Å². The molecule has 0 fully saturated rings. The molecule has 0 saturated carbocycles. The molecule has 6 heteroatoms. The molecule has 0 atom stereocenters. The molecule has 0 bridgehead atoms. The maximum Gasteiger partial charge on any atom is 0.341 e. The minimum Gasteiger partial charge on any atom is -0.382 e. The fourth-order valence-corrected chi connectivity index (χ4v) is 2.37. The Hall–Kier alpha value is 1.01. The van der Waals surface area contributed by atoms with Gasteiger partial charge in [-0.15, -0.1) is 33.2 Å². The van der Waals surface area contributed by atoms with E-state index in [0.29, 0.717) is 25.9 Å². The summed E-state index contributed by atoms with van der Waals surface area (Å²) in [5.74, 6) is 0. The number of rotatable bonds is 7. The highest BCUT2D eigenvalue weighted by molar-refractivity contribution is 7.64. The molecule has 0 aliphatic heterocycles. The summed E-state index contributed by atoms with van der Waals surface area (Å²) in [4.78, 5) is 0. The van der Waals surface area contributed by atoms with E-state index in [0.717, 1.165) is 6.42 Å². The topological polar surface area (TPSA) is 18.5 Å². The maximum absolute atomic E-state index is 5.66. The molecule has 0 heterocycles. The van der Waals surface area contributed by atoms with Crippen LogP contribution in [-0.2, 0) is 9.47 Å². The molecular formula is C7H17Cl3O2Si. The Balaban J connectivity index is 0. The maximum atomic E-state index is 5.66. The average molecular weight is 268 g/mol. The summed E-state index contributed by atoms with van der Waals surface area (Å²) in [5.41, 5.74) is 0. The number of methoxy groups -OCH3 is 1. The van der Waals surface area contributed by atoms with Gasteiger partial charge in [-0.25, -0.2) is 0 Å². The number of hydrogen-bond donors (Lipinski definition) is 0. The Kier molecular flexibility index (Phi) is 12.1. The zero-order valence-corrected chi connectivity index (χ0v) is 10.3. The first-order chi connectivity index (χ1) is 5.56. The normalized spacial score (nSPS) is 11.1. The lowest BCUT2D eigenvalue weighted by molar-refractivity contribution is 0.0710. The largest absolute Gasteiger partial charge is 0.382 e. The second-order valence-corrected chi connectivity index (χ2v) is 11.6. The average Bonchev–Trinajstić information content (AvgIpc) is 1.94. The second-order valence-electron chi connectivity index (χ2n) is 2.32. The molecule has 0 N–H and O–H groups in total. The molecular weight excluding hydrogens is 251 g/mol. The van der Waals surface area contributed by atoms with Crippen LogP contribution in [0.4, 0.5) is 0 Å². The van der Waals surface area contributed by atoms with Crippen LogP contribution in [0.3, 0.4) is 0 Å². The van der Waals surface area contributed by atoms with Crippen LogP contribution in [0, 0.1) is 0 Å². The Bertz CT molecular complexity index is 108. The highest BCUT2D eigenvalue weighted by Crippen LogP contribution is 2.26. The zero-order valence-electron chi connectivity index (χ0n) is 6.99. The van der Waals surface area contributed by atoms with Crippen molar-refractivity contribution in [2.24, 2.45) is 0 Å². The van der Waals surface area contributed by atoms with Gasteiger partial charge in [-0.05, 0) is 12.5 Å². The van der Waals surface area contributed by atoms with Crippen molar-refractivity contribution in [3.05, 3.63) is 0 Å². The number of halogens is 3. The Morgan fingerprint density at radius 3 is 2.15 bits per heavy atom. The van der Waals surface area contributed by atoms with Crippen LogP contribution >= 0.6 is 33.2 Å². The van der Waals surface area contributed by atoms with Crippen molar-refractivity contribution >= 4 is 39.2 Å². The van der Waals surface area contributed by atoms with Crippen LogP contribution in [0.25, 0.3) is 0 Å². The molecule has 0 rings (SSSR count). The lowest BCUT2D eigenvalue weighted by atomic mass is 10.5. The summed E-state index contributed by atoms with van der Waals surface area (Å²) < 4.78 is 9.99. The van der Waals surface area contributed by atoms with Gasteiger partial charge in [-0.3, -0.25) is 0 Å². The van der Waals surface area contributed by atoms with E-state index in [1.165, 1.54) is 0 Å². The fraction of sp³-hybridized carbons (Fsp3) is 1.00. The van der Waals surface area contributed by atoms with E-state index in [4.69, 9.17) is 42.7 Å². The quantitative estimate of drug-likeness (QED) is 0.400. The van der Waals surface area contributed by atoms with Gasteiger partial charge in [0.25, 0.3) is 0 Å². The summed E-state index contributed by atoms with van der Waals surface area (Å²) in [6.07, 6.45) is 0.812. The van der Waals surface area contributed by atoms with Crippen molar-refractivity contribution in [2.45, 2.75) is 19.9 Å². The molecule has 0 unspecified atom stereocenters. The van der Waals surface area contributed by atoms with Crippen LogP contribution in [-0.4, -0.2) is 32.9 Å². The van der Waals surface area contributed by atoms with E-state index >= 15 is 0 Å². The highest BCUT2D eigenvalue weighted by Gasteiger charge is 2.23. The third kappa shape index (κ3) is 15.7. The van der Waals surface area contributed by atoms with Crippen molar-refractivity contribution < 1.29 is 9.47 Å². The van der Waals surface area contributed by atoms with Gasteiger partial charge in [0.15, 0.2) is 0 Å². The second kappa shape index (κ2) is 9.56. The number of hydrogen-bond acceptors (Lipinski definition) is 2. The summed E-state index contributed by atoms with van der Waals surface area (Å²) >= 11 is 17.0. The lowest BCUT2D eigenvalue weighted by Gasteiger charge is -2.07. The van der Waals surface area contributed by atoms with Crippen molar-refractivity contribution in [1.82, 2.24) is 0 Å². The molecule has 0 amide bonds. The van der Waals surface area contributed by atoms with Crippen molar-refractivity contribution in [3.63, 3.8) is 0 Å². The minimum absolute atomic E-state index is 0. The first-order valence-electron chi connectivity index (χ1n) is 3.69. The summed E-state index contributed by atoms with van der Waals surface area (Å²) in [6.45, 7) is 1.87. The molecule has 0 aliphatic carbocycles. The molecule has 0 saturated heterocycles.